The fraction of sp³-hybridized carbons (Fsp3) is 0.429. The number of nitriles is 1. The summed E-state index contributed by atoms with van der Waals surface area (Å²) in [5.74, 6) is -0.244. The third-order valence-electron chi connectivity index (χ3n) is 2.56. The average Bonchev–Trinajstić information content (AvgIpc) is 2.42. The summed E-state index contributed by atoms with van der Waals surface area (Å²) in [6.45, 7) is 3.45. The first-order chi connectivity index (χ1) is 8.77. The first-order valence-corrected chi connectivity index (χ1v) is 6.20. The van der Waals surface area contributed by atoms with E-state index in [9.17, 15) is 4.79 Å². The van der Waals surface area contributed by atoms with Gasteiger partial charge in [0, 0.05) is 13.1 Å². The van der Waals surface area contributed by atoms with E-state index in [2.05, 4.69) is 16.7 Å². The molecule has 4 nitrogen and oxygen atoms in total. The predicted molar refractivity (Wildman–Crippen MR) is 71.0 cm³/mol. The predicted octanol–water partition coefficient (Wildman–Crippen LogP) is 1.41. The topological polar surface area (TPSA) is 64.9 Å². The zero-order valence-electron chi connectivity index (χ0n) is 10.6. The number of hydrogen-bond donors (Lipinski definition) is 2. The number of amides is 1. The second kappa shape index (κ2) is 8.26. The fourth-order valence-corrected chi connectivity index (χ4v) is 1.58. The van der Waals surface area contributed by atoms with Crippen molar-refractivity contribution in [2.45, 2.75) is 19.3 Å². The molecule has 1 rings (SSSR count). The van der Waals surface area contributed by atoms with E-state index in [0.717, 1.165) is 12.0 Å². The van der Waals surface area contributed by atoms with Gasteiger partial charge >= 0.3 is 0 Å². The van der Waals surface area contributed by atoms with Gasteiger partial charge in [-0.1, -0.05) is 37.3 Å². The van der Waals surface area contributed by atoms with E-state index in [1.54, 1.807) is 0 Å². The molecule has 0 saturated heterocycles. The molecule has 4 heteroatoms. The number of rotatable bonds is 7. The van der Waals surface area contributed by atoms with Crippen LogP contribution in [0.2, 0.25) is 0 Å². The summed E-state index contributed by atoms with van der Waals surface area (Å²) in [6, 6.07) is 11.8. The Morgan fingerprint density at radius 3 is 2.72 bits per heavy atom. The molecule has 1 aromatic rings. The molecule has 96 valence electrons. The van der Waals surface area contributed by atoms with Crippen molar-refractivity contribution in [2.75, 3.05) is 19.6 Å². The summed E-state index contributed by atoms with van der Waals surface area (Å²) >= 11 is 0. The Kier molecular flexibility index (Phi) is 6.52. The van der Waals surface area contributed by atoms with Crippen molar-refractivity contribution in [1.29, 1.82) is 5.26 Å². The Hall–Kier alpha value is -1.86. The van der Waals surface area contributed by atoms with Gasteiger partial charge in [-0.05, 0) is 12.0 Å². The molecule has 0 aliphatic carbocycles. The van der Waals surface area contributed by atoms with Gasteiger partial charge in [0.2, 0.25) is 5.91 Å². The Labute approximate surface area is 108 Å². The van der Waals surface area contributed by atoms with Crippen LogP contribution >= 0.6 is 0 Å². The van der Waals surface area contributed by atoms with Crippen LogP contribution < -0.4 is 10.6 Å². The maximum atomic E-state index is 11.4. The molecule has 0 saturated carbocycles. The second-order valence-corrected chi connectivity index (χ2v) is 4.07. The monoisotopic (exact) mass is 245 g/mol. The van der Waals surface area contributed by atoms with Crippen LogP contribution in [0, 0.1) is 11.3 Å². The SMILES string of the molecule is CCCNC(=O)CNCC(C#N)c1ccccc1. The minimum Gasteiger partial charge on any atom is -0.355 e. The van der Waals surface area contributed by atoms with Crippen LogP contribution in [0.5, 0.6) is 0 Å². The van der Waals surface area contributed by atoms with Crippen LogP contribution in [0.25, 0.3) is 0 Å². The molecular weight excluding hydrogens is 226 g/mol. The van der Waals surface area contributed by atoms with E-state index < -0.39 is 0 Å². The zero-order valence-corrected chi connectivity index (χ0v) is 10.6. The molecule has 0 spiro atoms. The molecule has 0 radical (unpaired) electrons. The van der Waals surface area contributed by atoms with Gasteiger partial charge in [0.05, 0.1) is 18.5 Å². The highest BCUT2D eigenvalue weighted by Gasteiger charge is 2.10. The van der Waals surface area contributed by atoms with Crippen molar-refractivity contribution in [1.82, 2.24) is 10.6 Å². The maximum Gasteiger partial charge on any atom is 0.233 e. The van der Waals surface area contributed by atoms with E-state index in [4.69, 9.17) is 5.26 Å². The summed E-state index contributed by atoms with van der Waals surface area (Å²) in [5, 5.41) is 14.9. The highest BCUT2D eigenvalue weighted by Crippen LogP contribution is 2.12. The third kappa shape index (κ3) is 4.98. The second-order valence-electron chi connectivity index (χ2n) is 4.07. The van der Waals surface area contributed by atoms with Gasteiger partial charge in [-0.2, -0.15) is 5.26 Å². The Balaban J connectivity index is 2.33. The Bertz CT molecular complexity index is 397. The van der Waals surface area contributed by atoms with Crippen LogP contribution in [0.15, 0.2) is 30.3 Å². The molecule has 0 aliphatic rings. The molecular formula is C14H19N3O. The number of carbonyl (C=O) groups excluding carboxylic acids is 1. The quantitative estimate of drug-likeness (QED) is 0.763. The Morgan fingerprint density at radius 1 is 1.39 bits per heavy atom. The molecule has 0 aromatic heterocycles. The number of carbonyl (C=O) groups is 1. The number of nitrogens with zero attached hydrogens (tertiary/aromatic N) is 1. The van der Waals surface area contributed by atoms with E-state index >= 15 is 0 Å². The number of benzene rings is 1. The third-order valence-corrected chi connectivity index (χ3v) is 2.56. The molecule has 2 N–H and O–H groups in total. The van der Waals surface area contributed by atoms with E-state index in [-0.39, 0.29) is 18.4 Å². The molecule has 0 heterocycles. The van der Waals surface area contributed by atoms with Crippen molar-refractivity contribution >= 4 is 5.91 Å². The lowest BCUT2D eigenvalue weighted by Gasteiger charge is -2.10. The fourth-order valence-electron chi connectivity index (χ4n) is 1.58. The van der Waals surface area contributed by atoms with E-state index in [1.165, 1.54) is 0 Å². The van der Waals surface area contributed by atoms with Gasteiger partial charge in [-0.25, -0.2) is 0 Å². The van der Waals surface area contributed by atoms with Gasteiger partial charge in [0.15, 0.2) is 0 Å². The van der Waals surface area contributed by atoms with E-state index in [0.29, 0.717) is 13.1 Å². The lowest BCUT2D eigenvalue weighted by atomic mass is 10.0. The summed E-state index contributed by atoms with van der Waals surface area (Å²) in [7, 11) is 0. The van der Waals surface area contributed by atoms with Crippen molar-refractivity contribution in [3.63, 3.8) is 0 Å². The molecule has 1 atom stereocenters. The van der Waals surface area contributed by atoms with Crippen LogP contribution in [0.3, 0.4) is 0 Å². The first-order valence-electron chi connectivity index (χ1n) is 6.20. The van der Waals surface area contributed by atoms with Gasteiger partial charge in [-0.15, -0.1) is 0 Å². The minimum atomic E-state index is -0.217. The highest BCUT2D eigenvalue weighted by atomic mass is 16.1. The number of hydrogen-bond acceptors (Lipinski definition) is 3. The maximum absolute atomic E-state index is 11.4. The summed E-state index contributed by atoms with van der Waals surface area (Å²) in [5.41, 5.74) is 0.974. The van der Waals surface area contributed by atoms with Crippen LogP contribution in [0.4, 0.5) is 0 Å². The summed E-state index contributed by atoms with van der Waals surface area (Å²) < 4.78 is 0. The van der Waals surface area contributed by atoms with Gasteiger partial charge in [-0.3, -0.25) is 4.79 Å². The average molecular weight is 245 g/mol. The zero-order chi connectivity index (χ0) is 13.2. The minimum absolute atomic E-state index is 0.0263. The highest BCUT2D eigenvalue weighted by molar-refractivity contribution is 5.77. The van der Waals surface area contributed by atoms with Crippen LogP contribution in [-0.2, 0) is 4.79 Å². The first kappa shape index (κ1) is 14.2. The lowest BCUT2D eigenvalue weighted by molar-refractivity contribution is -0.120. The van der Waals surface area contributed by atoms with Crippen molar-refractivity contribution in [3.8, 4) is 6.07 Å². The smallest absolute Gasteiger partial charge is 0.233 e. The molecule has 18 heavy (non-hydrogen) atoms. The van der Waals surface area contributed by atoms with Gasteiger partial charge in [0.1, 0.15) is 0 Å². The van der Waals surface area contributed by atoms with Crippen LogP contribution in [0.1, 0.15) is 24.8 Å². The standard InChI is InChI=1S/C14H19N3O/c1-2-8-17-14(18)11-16-10-13(9-15)12-6-4-3-5-7-12/h3-7,13,16H,2,8,10-11H2,1H3,(H,17,18). The van der Waals surface area contributed by atoms with E-state index in [1.807, 2.05) is 37.3 Å². The van der Waals surface area contributed by atoms with Crippen molar-refractivity contribution < 1.29 is 4.79 Å². The molecule has 1 aromatic carbocycles. The Morgan fingerprint density at radius 2 is 2.11 bits per heavy atom. The van der Waals surface area contributed by atoms with Crippen molar-refractivity contribution in [3.05, 3.63) is 35.9 Å². The largest absolute Gasteiger partial charge is 0.355 e. The molecule has 1 unspecified atom stereocenters. The summed E-state index contributed by atoms with van der Waals surface area (Å²) in [6.07, 6.45) is 0.927. The van der Waals surface area contributed by atoms with Gasteiger partial charge < -0.3 is 10.6 Å². The molecule has 0 fully saturated rings. The van der Waals surface area contributed by atoms with Crippen molar-refractivity contribution in [2.24, 2.45) is 0 Å². The van der Waals surface area contributed by atoms with Gasteiger partial charge in [0.25, 0.3) is 0 Å². The normalized spacial score (nSPS) is 11.6. The lowest BCUT2D eigenvalue weighted by Crippen LogP contribution is -2.35. The molecule has 0 bridgehead atoms. The number of nitrogens with one attached hydrogen (secondary N) is 2. The summed E-state index contributed by atoms with van der Waals surface area (Å²) in [4.78, 5) is 11.4. The van der Waals surface area contributed by atoms with Crippen LogP contribution in [-0.4, -0.2) is 25.5 Å². The molecule has 0 aliphatic heterocycles. The molecule has 1 amide bonds.